The number of unbranched alkanes of at least 4 members (excludes halogenated alkanes) is 11. The molecule has 0 saturated carbocycles. The van der Waals surface area contributed by atoms with Crippen molar-refractivity contribution in [1.82, 2.24) is 0 Å². The van der Waals surface area contributed by atoms with Crippen molar-refractivity contribution >= 4 is 32.3 Å². The van der Waals surface area contributed by atoms with Crippen LogP contribution in [0.4, 0.5) is 0 Å². The van der Waals surface area contributed by atoms with Gasteiger partial charge in [-0.15, -0.1) is 0 Å². The smallest absolute Gasteiger partial charge is 0.00211 e. The summed E-state index contributed by atoms with van der Waals surface area (Å²) in [5.74, 6) is 0. The Balaban J connectivity index is 0.000000934. The summed E-state index contributed by atoms with van der Waals surface area (Å²) in [6, 6.07) is 14.7. The van der Waals surface area contributed by atoms with Crippen LogP contribution in [0, 0.1) is 13.8 Å². The second kappa shape index (κ2) is 16.1. The lowest BCUT2D eigenvalue weighted by Gasteiger charge is -2.20. The molecular weight excluding hydrogens is 456 g/mol. The van der Waals surface area contributed by atoms with Crippen LogP contribution in [-0.4, -0.2) is 0 Å². The van der Waals surface area contributed by atoms with Gasteiger partial charge >= 0.3 is 0 Å². The van der Waals surface area contributed by atoms with E-state index in [0.29, 0.717) is 0 Å². The molecule has 4 aromatic carbocycles. The highest BCUT2D eigenvalue weighted by atomic mass is 14.2. The number of hydrogen-bond acceptors (Lipinski definition) is 0. The zero-order chi connectivity index (χ0) is 27.3. The molecule has 0 radical (unpaired) electrons. The van der Waals surface area contributed by atoms with E-state index in [1.54, 1.807) is 11.1 Å². The van der Waals surface area contributed by atoms with Gasteiger partial charge in [0.05, 0.1) is 0 Å². The van der Waals surface area contributed by atoms with Crippen LogP contribution in [0.5, 0.6) is 0 Å². The first-order valence-electron chi connectivity index (χ1n) is 16.3. The largest absolute Gasteiger partial charge is 0.0654 e. The molecule has 0 N–H and O–H groups in total. The SMILES string of the molecule is CCCC.CCCCCCCCc1cc2c(C)ccc3c(CCCCCCCC)cc4c(C)ccc1c4c23. The summed E-state index contributed by atoms with van der Waals surface area (Å²) in [4.78, 5) is 0. The first kappa shape index (κ1) is 30.5. The third kappa shape index (κ3) is 7.74. The van der Waals surface area contributed by atoms with Gasteiger partial charge in [-0.2, -0.15) is 0 Å². The molecule has 38 heavy (non-hydrogen) atoms. The van der Waals surface area contributed by atoms with Gasteiger partial charge in [0.25, 0.3) is 0 Å². The quantitative estimate of drug-likeness (QED) is 0.110. The fourth-order valence-corrected chi connectivity index (χ4v) is 6.00. The predicted octanol–water partition coefficient (Wildman–Crippen LogP) is 12.8. The van der Waals surface area contributed by atoms with E-state index >= 15 is 0 Å². The summed E-state index contributed by atoms with van der Waals surface area (Å²) in [6.45, 7) is 13.6. The molecule has 0 atom stereocenters. The van der Waals surface area contributed by atoms with E-state index < -0.39 is 0 Å². The van der Waals surface area contributed by atoms with Crippen LogP contribution in [0.3, 0.4) is 0 Å². The monoisotopic (exact) mass is 512 g/mol. The molecule has 0 aromatic heterocycles. The van der Waals surface area contributed by atoms with Crippen LogP contribution >= 0.6 is 0 Å². The van der Waals surface area contributed by atoms with Crippen molar-refractivity contribution in [2.24, 2.45) is 0 Å². The zero-order valence-electron chi connectivity index (χ0n) is 25.8. The Kier molecular flexibility index (Phi) is 12.9. The molecule has 0 saturated heterocycles. The standard InChI is InChI=1S/C34H46.C4H10/c1-5-7-9-11-13-15-17-27-23-31-25(3)20-22-30-28(18-16-14-12-10-8-6-2)24-32-26(4)19-21-29(27)33(32)34(30)31;1-3-4-2/h19-24H,5-18H2,1-4H3;3-4H2,1-2H3. The summed E-state index contributed by atoms with van der Waals surface area (Å²) in [5.41, 5.74) is 5.98. The molecule has 4 aromatic rings. The van der Waals surface area contributed by atoms with Gasteiger partial charge in [-0.05, 0) is 94.1 Å². The van der Waals surface area contributed by atoms with Crippen molar-refractivity contribution in [3.63, 3.8) is 0 Å². The van der Waals surface area contributed by atoms with Gasteiger partial charge < -0.3 is 0 Å². The average molecular weight is 513 g/mol. The average Bonchev–Trinajstić information content (AvgIpc) is 2.93. The van der Waals surface area contributed by atoms with Gasteiger partial charge in [-0.25, -0.2) is 0 Å². The van der Waals surface area contributed by atoms with E-state index in [1.807, 2.05) is 0 Å². The molecule has 0 amide bonds. The van der Waals surface area contributed by atoms with Gasteiger partial charge in [-0.3, -0.25) is 0 Å². The minimum atomic E-state index is 1.21. The molecular formula is C38H56. The van der Waals surface area contributed by atoms with E-state index in [9.17, 15) is 0 Å². The highest BCUT2D eigenvalue weighted by molar-refractivity contribution is 6.25. The van der Waals surface area contributed by atoms with Gasteiger partial charge in [0.1, 0.15) is 0 Å². The Morgan fingerprint density at radius 2 is 0.763 bits per heavy atom. The Morgan fingerprint density at radius 1 is 0.395 bits per heavy atom. The lowest BCUT2D eigenvalue weighted by Crippen LogP contribution is -1.97. The molecule has 0 heterocycles. The minimum absolute atomic E-state index is 1.21. The van der Waals surface area contributed by atoms with Gasteiger partial charge in [0.15, 0.2) is 0 Å². The number of aryl methyl sites for hydroxylation is 4. The van der Waals surface area contributed by atoms with Crippen LogP contribution in [0.15, 0.2) is 36.4 Å². The molecule has 0 heteroatoms. The maximum absolute atomic E-state index is 2.55. The lowest BCUT2D eigenvalue weighted by molar-refractivity contribution is 0.608. The summed E-state index contributed by atoms with van der Waals surface area (Å²) in [6.07, 6.45) is 21.4. The second-order valence-electron chi connectivity index (χ2n) is 11.8. The normalized spacial score (nSPS) is 11.5. The summed E-state index contributed by atoms with van der Waals surface area (Å²) < 4.78 is 0. The van der Waals surface area contributed by atoms with Crippen LogP contribution in [0.25, 0.3) is 32.3 Å². The van der Waals surface area contributed by atoms with Crippen molar-refractivity contribution in [3.8, 4) is 0 Å². The van der Waals surface area contributed by atoms with Gasteiger partial charge in [0, 0.05) is 0 Å². The maximum Gasteiger partial charge on any atom is -0.00211 e. The summed E-state index contributed by atoms with van der Waals surface area (Å²) in [5, 5.41) is 9.05. The number of rotatable bonds is 15. The molecule has 208 valence electrons. The zero-order valence-corrected chi connectivity index (χ0v) is 25.8. The minimum Gasteiger partial charge on any atom is -0.0654 e. The molecule has 0 aliphatic rings. The topological polar surface area (TPSA) is 0 Å². The second-order valence-corrected chi connectivity index (χ2v) is 11.8. The van der Waals surface area contributed by atoms with Crippen molar-refractivity contribution in [2.75, 3.05) is 0 Å². The van der Waals surface area contributed by atoms with Gasteiger partial charge in [0.2, 0.25) is 0 Å². The molecule has 0 fully saturated rings. The van der Waals surface area contributed by atoms with Gasteiger partial charge in [-0.1, -0.05) is 141 Å². The fraction of sp³-hybridized carbons (Fsp3) is 0.579. The van der Waals surface area contributed by atoms with Crippen LogP contribution < -0.4 is 0 Å². The molecule has 0 nitrogen and oxygen atoms in total. The molecule has 0 unspecified atom stereocenters. The summed E-state index contributed by atoms with van der Waals surface area (Å²) in [7, 11) is 0. The van der Waals surface area contributed by atoms with E-state index in [1.165, 1.54) is 146 Å². The highest BCUT2D eigenvalue weighted by Crippen LogP contribution is 2.41. The first-order valence-corrected chi connectivity index (χ1v) is 16.3. The molecule has 0 aliphatic carbocycles. The van der Waals surface area contributed by atoms with Crippen LogP contribution in [0.1, 0.15) is 140 Å². The van der Waals surface area contributed by atoms with E-state index in [0.717, 1.165) is 0 Å². The molecule has 0 bridgehead atoms. The van der Waals surface area contributed by atoms with Crippen molar-refractivity contribution in [2.45, 2.75) is 144 Å². The van der Waals surface area contributed by atoms with E-state index in [4.69, 9.17) is 0 Å². The lowest BCUT2D eigenvalue weighted by atomic mass is 9.84. The van der Waals surface area contributed by atoms with Crippen molar-refractivity contribution in [3.05, 3.63) is 58.7 Å². The Labute approximate surface area is 234 Å². The molecule has 0 spiro atoms. The fourth-order valence-electron chi connectivity index (χ4n) is 6.00. The third-order valence-electron chi connectivity index (χ3n) is 8.61. The third-order valence-corrected chi connectivity index (χ3v) is 8.61. The summed E-state index contributed by atoms with van der Waals surface area (Å²) >= 11 is 0. The number of hydrogen-bond donors (Lipinski definition) is 0. The maximum atomic E-state index is 2.55. The van der Waals surface area contributed by atoms with Crippen molar-refractivity contribution < 1.29 is 0 Å². The van der Waals surface area contributed by atoms with Crippen LogP contribution in [0.2, 0.25) is 0 Å². The van der Waals surface area contributed by atoms with E-state index in [-0.39, 0.29) is 0 Å². The first-order chi connectivity index (χ1) is 18.6. The van der Waals surface area contributed by atoms with E-state index in [2.05, 4.69) is 77.9 Å². The highest BCUT2D eigenvalue weighted by Gasteiger charge is 2.17. The van der Waals surface area contributed by atoms with Crippen LogP contribution in [-0.2, 0) is 12.8 Å². The Hall–Kier alpha value is -2.08. The predicted molar refractivity (Wildman–Crippen MR) is 174 cm³/mol. The Bertz CT molecular complexity index is 1130. The molecule has 0 aliphatic heterocycles. The molecule has 4 rings (SSSR count). The van der Waals surface area contributed by atoms with Crippen molar-refractivity contribution in [1.29, 1.82) is 0 Å². The number of benzene rings is 4. The Morgan fingerprint density at radius 3 is 1.13 bits per heavy atom.